The standard InChI is InChI=1S/C17H22N2O2/c1-16(2,3)15-18-12-8-5-7-11(14(20)21)13(12)19(15)17(4)9-6-10-17/h5,7-8H,6,9-10H2,1-4H3,(H,20,21). The van der Waals surface area contributed by atoms with Crippen molar-refractivity contribution < 1.29 is 9.90 Å². The normalized spacial score (nSPS) is 17.7. The Labute approximate surface area is 124 Å². The lowest BCUT2D eigenvalue weighted by molar-refractivity contribution is 0.0697. The van der Waals surface area contributed by atoms with E-state index in [1.165, 1.54) is 6.42 Å². The number of hydrogen-bond acceptors (Lipinski definition) is 2. The molecule has 0 bridgehead atoms. The van der Waals surface area contributed by atoms with E-state index in [1.807, 2.05) is 6.07 Å². The second kappa shape index (κ2) is 4.33. The van der Waals surface area contributed by atoms with Gasteiger partial charge in [-0.1, -0.05) is 26.8 Å². The second-order valence-corrected chi connectivity index (χ2v) is 7.35. The largest absolute Gasteiger partial charge is 0.478 e. The number of aromatic carboxylic acids is 1. The molecule has 0 saturated heterocycles. The van der Waals surface area contributed by atoms with Gasteiger partial charge < -0.3 is 9.67 Å². The fourth-order valence-electron chi connectivity index (χ4n) is 3.24. The maximum Gasteiger partial charge on any atom is 0.337 e. The molecule has 1 saturated carbocycles. The van der Waals surface area contributed by atoms with Gasteiger partial charge >= 0.3 is 5.97 Å². The summed E-state index contributed by atoms with van der Waals surface area (Å²) in [6, 6.07) is 5.37. The molecule has 112 valence electrons. The number of carboxylic acids is 1. The minimum absolute atomic E-state index is 0.0110. The summed E-state index contributed by atoms with van der Waals surface area (Å²) < 4.78 is 2.20. The van der Waals surface area contributed by atoms with E-state index in [2.05, 4.69) is 32.3 Å². The maximum absolute atomic E-state index is 11.6. The van der Waals surface area contributed by atoms with E-state index >= 15 is 0 Å². The lowest BCUT2D eigenvalue weighted by Crippen LogP contribution is -2.40. The highest BCUT2D eigenvalue weighted by Gasteiger charge is 2.39. The minimum atomic E-state index is -0.884. The van der Waals surface area contributed by atoms with E-state index < -0.39 is 5.97 Å². The van der Waals surface area contributed by atoms with Gasteiger partial charge in [0.15, 0.2) is 0 Å². The van der Waals surface area contributed by atoms with Crippen molar-refractivity contribution in [1.29, 1.82) is 0 Å². The molecule has 4 nitrogen and oxygen atoms in total. The van der Waals surface area contributed by atoms with Gasteiger partial charge in [-0.05, 0) is 38.3 Å². The SMILES string of the molecule is CC(C)(C)c1nc2cccc(C(=O)O)c2n1C1(C)CCC1. The van der Waals surface area contributed by atoms with Crippen LogP contribution in [0.3, 0.4) is 0 Å². The summed E-state index contributed by atoms with van der Waals surface area (Å²) in [6.45, 7) is 8.61. The molecule has 1 aromatic carbocycles. The monoisotopic (exact) mass is 286 g/mol. The Morgan fingerprint density at radius 3 is 2.48 bits per heavy atom. The summed E-state index contributed by atoms with van der Waals surface area (Å²) in [7, 11) is 0. The number of carboxylic acid groups (broad SMARTS) is 1. The molecule has 3 rings (SSSR count). The van der Waals surface area contributed by atoms with Crippen LogP contribution in [0.1, 0.15) is 63.1 Å². The van der Waals surface area contributed by atoms with E-state index in [-0.39, 0.29) is 11.0 Å². The fraction of sp³-hybridized carbons (Fsp3) is 0.529. The Morgan fingerprint density at radius 1 is 1.33 bits per heavy atom. The summed E-state index contributed by atoms with van der Waals surface area (Å²) in [5, 5.41) is 9.53. The van der Waals surface area contributed by atoms with Crippen LogP contribution >= 0.6 is 0 Å². The molecule has 1 aliphatic carbocycles. The molecule has 0 aliphatic heterocycles. The van der Waals surface area contributed by atoms with Crippen molar-refractivity contribution in [3.8, 4) is 0 Å². The topological polar surface area (TPSA) is 55.1 Å². The van der Waals surface area contributed by atoms with Gasteiger partial charge in [0.2, 0.25) is 0 Å². The summed E-state index contributed by atoms with van der Waals surface area (Å²) in [4.78, 5) is 16.4. The van der Waals surface area contributed by atoms with Gasteiger partial charge in [-0.2, -0.15) is 0 Å². The van der Waals surface area contributed by atoms with Crippen LogP contribution in [0.4, 0.5) is 0 Å². The number of fused-ring (bicyclic) bond motifs is 1. The number of benzene rings is 1. The van der Waals surface area contributed by atoms with Crippen LogP contribution in [0.25, 0.3) is 11.0 Å². The van der Waals surface area contributed by atoms with Crippen LogP contribution in [0, 0.1) is 0 Å². The molecule has 1 aliphatic rings. The Balaban J connectivity index is 2.41. The first-order chi connectivity index (χ1) is 9.74. The second-order valence-electron chi connectivity index (χ2n) is 7.35. The first-order valence-corrected chi connectivity index (χ1v) is 7.50. The molecule has 21 heavy (non-hydrogen) atoms. The number of hydrogen-bond donors (Lipinski definition) is 1. The van der Waals surface area contributed by atoms with Crippen molar-refractivity contribution in [2.45, 2.75) is 57.9 Å². The quantitative estimate of drug-likeness (QED) is 0.910. The maximum atomic E-state index is 11.6. The molecule has 4 heteroatoms. The molecule has 0 radical (unpaired) electrons. The number of para-hydroxylation sites is 1. The van der Waals surface area contributed by atoms with E-state index in [9.17, 15) is 9.90 Å². The van der Waals surface area contributed by atoms with E-state index in [0.29, 0.717) is 5.56 Å². The van der Waals surface area contributed by atoms with Crippen molar-refractivity contribution in [2.24, 2.45) is 0 Å². The summed E-state index contributed by atoms with van der Waals surface area (Å²) >= 11 is 0. The molecule has 0 atom stereocenters. The molecule has 1 heterocycles. The number of carbonyl (C=O) groups is 1. The van der Waals surface area contributed by atoms with Gasteiger partial charge in [0.25, 0.3) is 0 Å². The molecule has 0 unspecified atom stereocenters. The van der Waals surface area contributed by atoms with Gasteiger partial charge in [0.1, 0.15) is 5.82 Å². The lowest BCUT2D eigenvalue weighted by Gasteiger charge is -2.43. The minimum Gasteiger partial charge on any atom is -0.478 e. The predicted molar refractivity (Wildman–Crippen MR) is 82.9 cm³/mol. The number of rotatable bonds is 2. The summed E-state index contributed by atoms with van der Waals surface area (Å²) in [5.74, 6) is 0.0959. The van der Waals surface area contributed by atoms with E-state index in [0.717, 1.165) is 29.7 Å². The Bertz CT molecular complexity index is 718. The zero-order valence-electron chi connectivity index (χ0n) is 13.1. The molecule has 2 aromatic rings. The molecule has 0 spiro atoms. The summed E-state index contributed by atoms with van der Waals surface area (Å²) in [6.07, 6.45) is 3.35. The Morgan fingerprint density at radius 2 is 2.00 bits per heavy atom. The predicted octanol–water partition coefficient (Wildman–Crippen LogP) is 3.93. The fourth-order valence-corrected chi connectivity index (χ4v) is 3.24. The van der Waals surface area contributed by atoms with Crippen LogP contribution in [-0.4, -0.2) is 20.6 Å². The molecule has 1 N–H and O–H groups in total. The number of nitrogens with zero attached hydrogens (tertiary/aromatic N) is 2. The van der Waals surface area contributed by atoms with Gasteiger partial charge in [-0.3, -0.25) is 0 Å². The van der Waals surface area contributed by atoms with Crippen LogP contribution in [0.15, 0.2) is 18.2 Å². The first kappa shape index (κ1) is 14.1. The molecular weight excluding hydrogens is 264 g/mol. The van der Waals surface area contributed by atoms with Crippen LogP contribution < -0.4 is 0 Å². The number of imidazole rings is 1. The van der Waals surface area contributed by atoms with Crippen molar-refractivity contribution in [3.63, 3.8) is 0 Å². The Hall–Kier alpha value is -1.84. The third-order valence-electron chi connectivity index (χ3n) is 4.55. The third-order valence-corrected chi connectivity index (χ3v) is 4.55. The zero-order chi connectivity index (χ0) is 15.4. The number of aromatic nitrogens is 2. The lowest BCUT2D eigenvalue weighted by atomic mass is 9.77. The van der Waals surface area contributed by atoms with Gasteiger partial charge in [0, 0.05) is 11.0 Å². The van der Waals surface area contributed by atoms with Crippen molar-refractivity contribution >= 4 is 17.0 Å². The van der Waals surface area contributed by atoms with Crippen LogP contribution in [-0.2, 0) is 11.0 Å². The average Bonchev–Trinajstić information content (AvgIpc) is 2.75. The van der Waals surface area contributed by atoms with Crippen molar-refractivity contribution in [3.05, 3.63) is 29.6 Å². The van der Waals surface area contributed by atoms with Crippen LogP contribution in [0.5, 0.6) is 0 Å². The van der Waals surface area contributed by atoms with Crippen molar-refractivity contribution in [1.82, 2.24) is 9.55 Å². The molecule has 1 aromatic heterocycles. The van der Waals surface area contributed by atoms with E-state index in [1.54, 1.807) is 12.1 Å². The van der Waals surface area contributed by atoms with Crippen LogP contribution in [0.2, 0.25) is 0 Å². The average molecular weight is 286 g/mol. The molecule has 1 fully saturated rings. The van der Waals surface area contributed by atoms with Gasteiger partial charge in [-0.25, -0.2) is 9.78 Å². The highest BCUT2D eigenvalue weighted by molar-refractivity contribution is 6.01. The van der Waals surface area contributed by atoms with E-state index in [4.69, 9.17) is 4.98 Å². The summed E-state index contributed by atoms with van der Waals surface area (Å²) in [5.41, 5.74) is 1.78. The molecular formula is C17H22N2O2. The molecule has 0 amide bonds. The third kappa shape index (κ3) is 2.04. The van der Waals surface area contributed by atoms with Gasteiger partial charge in [-0.15, -0.1) is 0 Å². The van der Waals surface area contributed by atoms with Crippen molar-refractivity contribution in [2.75, 3.05) is 0 Å². The van der Waals surface area contributed by atoms with Gasteiger partial charge in [0.05, 0.1) is 16.6 Å². The highest BCUT2D eigenvalue weighted by Crippen LogP contribution is 2.44. The first-order valence-electron chi connectivity index (χ1n) is 7.50. The zero-order valence-corrected chi connectivity index (χ0v) is 13.1. The smallest absolute Gasteiger partial charge is 0.337 e. The Kier molecular flexibility index (Phi) is 2.91. The highest BCUT2D eigenvalue weighted by atomic mass is 16.4.